The van der Waals surface area contributed by atoms with Gasteiger partial charge in [-0.2, -0.15) is 11.8 Å². The first kappa shape index (κ1) is 30.8. The number of hydrogen-bond donors (Lipinski definition) is 2. The fraction of sp³-hybridized carbons (Fsp3) is 0.314. The molecule has 0 bridgehead atoms. The monoisotopic (exact) mass is 587 g/mol. The van der Waals surface area contributed by atoms with Crippen molar-refractivity contribution < 1.29 is 15.0 Å². The Balaban J connectivity index is 1.58. The van der Waals surface area contributed by atoms with Crippen LogP contribution in [0.5, 0.6) is 0 Å². The molecule has 4 nitrogen and oxygen atoms in total. The largest absolute Gasteiger partial charge is 0.481 e. The number of aromatic nitrogens is 1. The highest BCUT2D eigenvalue weighted by Crippen LogP contribution is 2.37. The summed E-state index contributed by atoms with van der Waals surface area (Å²) in [6, 6.07) is 26.2. The van der Waals surface area contributed by atoms with E-state index < -0.39 is 11.6 Å². The Labute approximate surface area is 252 Å². The Kier molecular flexibility index (Phi) is 10.7. The first-order chi connectivity index (χ1) is 19.6. The van der Waals surface area contributed by atoms with Crippen molar-refractivity contribution in [3.8, 4) is 0 Å². The molecule has 0 saturated heterocycles. The SMILES string of the molecule is CCCC(CSC(CCc1ccccc1C(C)(C)O)c1cccc(C=Cc2ccc3ccc(Cl)cc3n2)c1)C(=O)O. The number of carboxylic acid groups (broad SMARTS) is 1. The topological polar surface area (TPSA) is 70.4 Å². The molecule has 3 aromatic carbocycles. The zero-order valence-electron chi connectivity index (χ0n) is 23.9. The molecule has 2 atom stereocenters. The van der Waals surface area contributed by atoms with Crippen LogP contribution in [0, 0.1) is 5.92 Å². The van der Waals surface area contributed by atoms with Crippen molar-refractivity contribution in [1.29, 1.82) is 0 Å². The molecule has 1 heterocycles. The lowest BCUT2D eigenvalue weighted by Gasteiger charge is -2.24. The van der Waals surface area contributed by atoms with Crippen molar-refractivity contribution >= 4 is 52.4 Å². The summed E-state index contributed by atoms with van der Waals surface area (Å²) in [4.78, 5) is 16.6. The molecule has 214 valence electrons. The predicted molar refractivity (Wildman–Crippen MR) is 173 cm³/mol. The normalized spacial score (nSPS) is 13.5. The molecule has 0 spiro atoms. The van der Waals surface area contributed by atoms with E-state index in [-0.39, 0.29) is 11.2 Å². The van der Waals surface area contributed by atoms with E-state index in [1.54, 1.807) is 11.8 Å². The van der Waals surface area contributed by atoms with Gasteiger partial charge in [-0.05, 0) is 79.6 Å². The van der Waals surface area contributed by atoms with Crippen molar-refractivity contribution in [2.75, 3.05) is 5.75 Å². The van der Waals surface area contributed by atoms with E-state index in [9.17, 15) is 15.0 Å². The fourth-order valence-electron chi connectivity index (χ4n) is 5.07. The lowest BCUT2D eigenvalue weighted by atomic mass is 9.90. The van der Waals surface area contributed by atoms with Crippen LogP contribution in [0.1, 0.15) is 73.2 Å². The van der Waals surface area contributed by atoms with Gasteiger partial charge in [-0.25, -0.2) is 4.98 Å². The lowest BCUT2D eigenvalue weighted by molar-refractivity contribution is -0.141. The number of nitrogens with zero attached hydrogens (tertiary/aromatic N) is 1. The van der Waals surface area contributed by atoms with E-state index in [0.29, 0.717) is 17.2 Å². The standard InChI is InChI=1S/C35H38ClNO3S/c1-4-8-28(34(38)39)23-41-33(20-16-25-10-5-6-12-31(25)35(2,3)40)27-11-7-9-24(21-27)13-18-30-19-15-26-14-17-29(36)22-32(26)37-30/h5-7,9-15,17-19,21-22,28,33,40H,4,8,16,20,23H2,1-3H3,(H,38,39). The molecule has 0 aliphatic heterocycles. The zero-order chi connectivity index (χ0) is 29.4. The van der Waals surface area contributed by atoms with E-state index in [4.69, 9.17) is 16.6 Å². The van der Waals surface area contributed by atoms with Gasteiger partial charge in [0.2, 0.25) is 0 Å². The van der Waals surface area contributed by atoms with Gasteiger partial charge in [0.15, 0.2) is 0 Å². The van der Waals surface area contributed by atoms with E-state index in [2.05, 4.69) is 36.4 Å². The summed E-state index contributed by atoms with van der Waals surface area (Å²) in [5, 5.41) is 22.3. The van der Waals surface area contributed by atoms with E-state index in [0.717, 1.165) is 58.1 Å². The predicted octanol–water partition coefficient (Wildman–Crippen LogP) is 9.19. The van der Waals surface area contributed by atoms with Crippen LogP contribution in [0.25, 0.3) is 23.1 Å². The molecule has 0 radical (unpaired) electrons. The second-order valence-corrected chi connectivity index (χ2v) is 12.6. The minimum absolute atomic E-state index is 0.109. The van der Waals surface area contributed by atoms with Gasteiger partial charge in [-0.3, -0.25) is 4.79 Å². The Morgan fingerprint density at radius 2 is 1.78 bits per heavy atom. The molecule has 4 aromatic rings. The second-order valence-electron chi connectivity index (χ2n) is 11.0. The number of fused-ring (bicyclic) bond motifs is 1. The van der Waals surface area contributed by atoms with Gasteiger partial charge in [0, 0.05) is 21.4 Å². The molecule has 0 aliphatic carbocycles. The van der Waals surface area contributed by atoms with E-state index >= 15 is 0 Å². The number of hydrogen-bond acceptors (Lipinski definition) is 4. The molecule has 0 amide bonds. The van der Waals surface area contributed by atoms with Gasteiger partial charge < -0.3 is 10.2 Å². The molecule has 0 saturated carbocycles. The zero-order valence-corrected chi connectivity index (χ0v) is 25.5. The summed E-state index contributed by atoms with van der Waals surface area (Å²) in [5.41, 5.74) is 5.05. The van der Waals surface area contributed by atoms with Crippen molar-refractivity contribution in [2.45, 2.75) is 57.3 Å². The molecule has 0 fully saturated rings. The van der Waals surface area contributed by atoms with Crippen LogP contribution >= 0.6 is 23.4 Å². The highest BCUT2D eigenvalue weighted by Gasteiger charge is 2.23. The smallest absolute Gasteiger partial charge is 0.307 e. The van der Waals surface area contributed by atoms with Crippen LogP contribution in [-0.4, -0.2) is 26.9 Å². The molecule has 4 rings (SSSR count). The van der Waals surface area contributed by atoms with Crippen LogP contribution in [0.15, 0.2) is 78.9 Å². The van der Waals surface area contributed by atoms with Gasteiger partial charge in [0.05, 0.1) is 22.7 Å². The number of carboxylic acids is 1. The van der Waals surface area contributed by atoms with Crippen molar-refractivity contribution in [1.82, 2.24) is 4.98 Å². The average molecular weight is 588 g/mol. The minimum atomic E-state index is -0.929. The Hall–Kier alpha value is -3.12. The first-order valence-corrected chi connectivity index (χ1v) is 15.6. The van der Waals surface area contributed by atoms with Gasteiger partial charge >= 0.3 is 5.97 Å². The molecule has 6 heteroatoms. The number of aliphatic carboxylic acids is 1. The van der Waals surface area contributed by atoms with Crippen LogP contribution < -0.4 is 0 Å². The van der Waals surface area contributed by atoms with Crippen molar-refractivity contribution in [3.63, 3.8) is 0 Å². The summed E-state index contributed by atoms with van der Waals surface area (Å²) < 4.78 is 0. The van der Waals surface area contributed by atoms with Crippen LogP contribution in [0.4, 0.5) is 0 Å². The van der Waals surface area contributed by atoms with Crippen molar-refractivity contribution in [2.24, 2.45) is 5.92 Å². The summed E-state index contributed by atoms with van der Waals surface area (Å²) in [6.45, 7) is 5.66. The first-order valence-electron chi connectivity index (χ1n) is 14.1. The maximum absolute atomic E-state index is 11.9. The minimum Gasteiger partial charge on any atom is -0.481 e. The highest BCUT2D eigenvalue weighted by atomic mass is 35.5. The summed E-state index contributed by atoms with van der Waals surface area (Å²) in [6.07, 6.45) is 7.19. The molecule has 2 N–H and O–H groups in total. The van der Waals surface area contributed by atoms with E-state index in [1.165, 1.54) is 0 Å². The maximum atomic E-state index is 11.9. The molecular weight excluding hydrogens is 550 g/mol. The fourth-order valence-corrected chi connectivity index (χ4v) is 6.63. The number of pyridine rings is 1. The number of aryl methyl sites for hydroxylation is 1. The van der Waals surface area contributed by atoms with Gasteiger partial charge in [-0.15, -0.1) is 0 Å². The Morgan fingerprint density at radius 3 is 2.54 bits per heavy atom. The number of halogens is 1. The molecular formula is C35H38ClNO3S. The van der Waals surface area contributed by atoms with Gasteiger partial charge in [0.25, 0.3) is 0 Å². The maximum Gasteiger partial charge on any atom is 0.307 e. The van der Waals surface area contributed by atoms with Gasteiger partial charge in [-0.1, -0.05) is 91.7 Å². The quantitative estimate of drug-likeness (QED) is 0.163. The van der Waals surface area contributed by atoms with Crippen LogP contribution in [-0.2, 0) is 16.8 Å². The molecule has 41 heavy (non-hydrogen) atoms. The third-order valence-electron chi connectivity index (χ3n) is 7.24. The third-order valence-corrected chi connectivity index (χ3v) is 8.98. The Morgan fingerprint density at radius 1 is 1.00 bits per heavy atom. The number of rotatable bonds is 13. The van der Waals surface area contributed by atoms with Crippen molar-refractivity contribution in [3.05, 3.63) is 112 Å². The Bertz CT molecular complexity index is 1510. The molecule has 2 unspecified atom stereocenters. The van der Waals surface area contributed by atoms with Crippen LogP contribution in [0.3, 0.4) is 0 Å². The lowest BCUT2D eigenvalue weighted by Crippen LogP contribution is -2.18. The third kappa shape index (κ3) is 8.68. The second kappa shape index (κ2) is 14.2. The number of thioether (sulfide) groups is 1. The average Bonchev–Trinajstić information content (AvgIpc) is 2.95. The summed E-state index contributed by atoms with van der Waals surface area (Å²) >= 11 is 7.88. The van der Waals surface area contributed by atoms with E-state index in [1.807, 2.05) is 75.4 Å². The van der Waals surface area contributed by atoms with Crippen LogP contribution in [0.2, 0.25) is 5.02 Å². The number of aliphatic hydroxyl groups is 1. The van der Waals surface area contributed by atoms with Gasteiger partial charge in [0.1, 0.15) is 0 Å². The molecule has 0 aliphatic rings. The highest BCUT2D eigenvalue weighted by molar-refractivity contribution is 7.99. The molecule has 1 aromatic heterocycles. The number of benzene rings is 3. The summed E-state index contributed by atoms with van der Waals surface area (Å²) in [7, 11) is 0. The summed E-state index contributed by atoms with van der Waals surface area (Å²) in [5.74, 6) is -0.539. The number of carbonyl (C=O) groups is 1.